The van der Waals surface area contributed by atoms with E-state index in [0.29, 0.717) is 13.0 Å². The fourth-order valence-corrected chi connectivity index (χ4v) is 2.31. The number of alkyl carbamates (subject to hydrolysis) is 1. The topological polar surface area (TPSA) is 56.8 Å². The maximum atomic E-state index is 11.9. The second-order valence-electron chi connectivity index (χ2n) is 5.70. The Hall–Kier alpha value is -1.85. The van der Waals surface area contributed by atoms with Crippen molar-refractivity contribution in [2.75, 3.05) is 6.61 Å². The highest BCUT2D eigenvalue weighted by molar-refractivity contribution is 5.67. The summed E-state index contributed by atoms with van der Waals surface area (Å²) < 4.78 is 16.6. The van der Waals surface area contributed by atoms with Crippen LogP contribution in [0.2, 0.25) is 0 Å². The van der Waals surface area contributed by atoms with E-state index in [1.54, 1.807) is 6.08 Å². The van der Waals surface area contributed by atoms with Crippen LogP contribution in [0.1, 0.15) is 25.8 Å². The van der Waals surface area contributed by atoms with Crippen LogP contribution in [0.4, 0.5) is 4.79 Å². The highest BCUT2D eigenvalue weighted by atomic mass is 16.7. The van der Waals surface area contributed by atoms with Gasteiger partial charge in [-0.15, -0.1) is 6.58 Å². The van der Waals surface area contributed by atoms with Crippen molar-refractivity contribution in [3.05, 3.63) is 48.6 Å². The first-order valence-corrected chi connectivity index (χ1v) is 7.40. The standard InChI is InChI=1S/C17H23NO4/c1-4-8-15-14(12-21-17(2,3)22-15)18-16(19)20-11-13-9-6-5-7-10-13/h4-7,9-10,14-15H,1,8,11-12H2,2-3H3,(H,18,19)/t14-,15-/m1/s1. The highest BCUT2D eigenvalue weighted by Gasteiger charge is 2.36. The molecule has 1 N–H and O–H groups in total. The van der Waals surface area contributed by atoms with Crippen molar-refractivity contribution in [2.45, 2.75) is 44.8 Å². The largest absolute Gasteiger partial charge is 0.445 e. The average Bonchev–Trinajstić information content (AvgIpc) is 2.49. The second-order valence-corrected chi connectivity index (χ2v) is 5.70. The molecule has 0 spiro atoms. The van der Waals surface area contributed by atoms with Gasteiger partial charge in [-0.1, -0.05) is 36.4 Å². The molecule has 2 atom stereocenters. The first kappa shape index (κ1) is 16.5. The quantitative estimate of drug-likeness (QED) is 0.850. The summed E-state index contributed by atoms with van der Waals surface area (Å²) in [5.41, 5.74) is 0.942. The van der Waals surface area contributed by atoms with Crippen LogP contribution in [0.15, 0.2) is 43.0 Å². The Balaban J connectivity index is 1.85. The van der Waals surface area contributed by atoms with Crippen LogP contribution in [0.3, 0.4) is 0 Å². The summed E-state index contributed by atoms with van der Waals surface area (Å²) >= 11 is 0. The fourth-order valence-electron chi connectivity index (χ4n) is 2.31. The van der Waals surface area contributed by atoms with Gasteiger partial charge in [0.15, 0.2) is 5.79 Å². The Morgan fingerprint density at radius 2 is 2.18 bits per heavy atom. The maximum absolute atomic E-state index is 11.9. The van der Waals surface area contributed by atoms with E-state index in [9.17, 15) is 4.79 Å². The Kier molecular flexibility index (Phi) is 5.57. The van der Waals surface area contributed by atoms with E-state index >= 15 is 0 Å². The number of hydrogen-bond acceptors (Lipinski definition) is 4. The van der Waals surface area contributed by atoms with Crippen molar-refractivity contribution in [1.29, 1.82) is 0 Å². The first-order valence-electron chi connectivity index (χ1n) is 7.40. The van der Waals surface area contributed by atoms with Gasteiger partial charge >= 0.3 is 6.09 Å². The van der Waals surface area contributed by atoms with Crippen LogP contribution in [0, 0.1) is 0 Å². The van der Waals surface area contributed by atoms with E-state index in [2.05, 4.69) is 11.9 Å². The molecule has 0 unspecified atom stereocenters. The zero-order chi connectivity index (χ0) is 16.0. The van der Waals surface area contributed by atoms with Crippen molar-refractivity contribution in [2.24, 2.45) is 0 Å². The third kappa shape index (κ3) is 4.86. The molecule has 1 aromatic carbocycles. The monoisotopic (exact) mass is 305 g/mol. The lowest BCUT2D eigenvalue weighted by atomic mass is 10.1. The molecule has 120 valence electrons. The van der Waals surface area contributed by atoms with Crippen molar-refractivity contribution >= 4 is 6.09 Å². The number of ether oxygens (including phenoxy) is 3. The molecule has 1 saturated heterocycles. The molecule has 1 aliphatic rings. The third-order valence-electron chi connectivity index (χ3n) is 3.41. The highest BCUT2D eigenvalue weighted by Crippen LogP contribution is 2.24. The van der Waals surface area contributed by atoms with Gasteiger partial charge in [-0.05, 0) is 25.8 Å². The number of nitrogens with one attached hydrogen (secondary N) is 1. The minimum absolute atomic E-state index is 0.175. The predicted molar refractivity (Wildman–Crippen MR) is 83.3 cm³/mol. The molecular weight excluding hydrogens is 282 g/mol. The van der Waals surface area contributed by atoms with Crippen LogP contribution in [0.5, 0.6) is 0 Å². The zero-order valence-corrected chi connectivity index (χ0v) is 13.1. The van der Waals surface area contributed by atoms with Crippen molar-refractivity contribution < 1.29 is 19.0 Å². The normalized spacial score (nSPS) is 23.5. The number of carbonyl (C=O) groups is 1. The van der Waals surface area contributed by atoms with Crippen LogP contribution in [-0.2, 0) is 20.8 Å². The van der Waals surface area contributed by atoms with Crippen molar-refractivity contribution in [1.82, 2.24) is 5.32 Å². The molecule has 0 aromatic heterocycles. The molecule has 0 aliphatic carbocycles. The van der Waals surface area contributed by atoms with E-state index in [4.69, 9.17) is 14.2 Å². The number of rotatable bonds is 5. The SMILES string of the molecule is C=CC[C@H]1OC(C)(C)OC[C@H]1NC(=O)OCc1ccccc1. The Morgan fingerprint density at radius 3 is 2.86 bits per heavy atom. The first-order chi connectivity index (χ1) is 10.5. The molecule has 0 saturated carbocycles. The summed E-state index contributed by atoms with van der Waals surface area (Å²) in [5.74, 6) is -0.653. The van der Waals surface area contributed by atoms with Gasteiger partial charge in [0.2, 0.25) is 0 Å². The van der Waals surface area contributed by atoms with Gasteiger partial charge in [0, 0.05) is 0 Å². The van der Waals surface area contributed by atoms with E-state index in [0.717, 1.165) is 5.56 Å². The van der Waals surface area contributed by atoms with Gasteiger partial charge in [0.05, 0.1) is 18.8 Å². The second kappa shape index (κ2) is 7.42. The molecule has 1 fully saturated rings. The smallest absolute Gasteiger partial charge is 0.407 e. The van der Waals surface area contributed by atoms with Crippen molar-refractivity contribution in [3.63, 3.8) is 0 Å². The molecule has 5 nitrogen and oxygen atoms in total. The number of carbonyl (C=O) groups excluding carboxylic acids is 1. The van der Waals surface area contributed by atoms with E-state index in [-0.39, 0.29) is 18.8 Å². The van der Waals surface area contributed by atoms with Crippen LogP contribution in [-0.4, -0.2) is 30.6 Å². The molecule has 1 aliphatic heterocycles. The molecular formula is C17H23NO4. The Morgan fingerprint density at radius 1 is 1.45 bits per heavy atom. The van der Waals surface area contributed by atoms with Crippen LogP contribution in [0.25, 0.3) is 0 Å². The molecule has 1 heterocycles. The molecule has 22 heavy (non-hydrogen) atoms. The molecule has 0 radical (unpaired) electrons. The van der Waals surface area contributed by atoms with Crippen LogP contribution >= 0.6 is 0 Å². The summed E-state index contributed by atoms with van der Waals surface area (Å²) in [4.78, 5) is 11.9. The van der Waals surface area contributed by atoms with Gasteiger partial charge in [-0.25, -0.2) is 4.79 Å². The summed E-state index contributed by atoms with van der Waals surface area (Å²) in [7, 11) is 0. The lowest BCUT2D eigenvalue weighted by Crippen LogP contribution is -2.55. The van der Waals surface area contributed by atoms with E-state index in [1.807, 2.05) is 44.2 Å². The van der Waals surface area contributed by atoms with Crippen LogP contribution < -0.4 is 5.32 Å². The lowest BCUT2D eigenvalue weighted by molar-refractivity contribution is -0.280. The molecule has 1 aromatic rings. The Bertz CT molecular complexity index is 501. The summed E-state index contributed by atoms with van der Waals surface area (Å²) in [6.45, 7) is 8.05. The average molecular weight is 305 g/mol. The number of benzene rings is 1. The van der Waals surface area contributed by atoms with Gasteiger partial charge in [0.25, 0.3) is 0 Å². The predicted octanol–water partition coefficient (Wildman–Crippen LogP) is 3.01. The Labute approximate surface area is 131 Å². The van der Waals surface area contributed by atoms with E-state index in [1.165, 1.54) is 0 Å². The number of amides is 1. The van der Waals surface area contributed by atoms with Gasteiger partial charge in [-0.3, -0.25) is 0 Å². The molecule has 0 bridgehead atoms. The maximum Gasteiger partial charge on any atom is 0.407 e. The van der Waals surface area contributed by atoms with Gasteiger partial charge in [-0.2, -0.15) is 0 Å². The van der Waals surface area contributed by atoms with Gasteiger partial charge in [0.1, 0.15) is 6.61 Å². The lowest BCUT2D eigenvalue weighted by Gasteiger charge is -2.40. The van der Waals surface area contributed by atoms with Gasteiger partial charge < -0.3 is 19.5 Å². The minimum atomic E-state index is -0.653. The molecule has 5 heteroatoms. The molecule has 2 rings (SSSR count). The summed E-state index contributed by atoms with van der Waals surface area (Å²) in [5, 5.41) is 2.80. The molecule has 1 amide bonds. The van der Waals surface area contributed by atoms with E-state index < -0.39 is 11.9 Å². The zero-order valence-electron chi connectivity index (χ0n) is 13.1. The fraction of sp³-hybridized carbons (Fsp3) is 0.471. The summed E-state index contributed by atoms with van der Waals surface area (Å²) in [6, 6.07) is 9.28. The summed E-state index contributed by atoms with van der Waals surface area (Å²) in [6.07, 6.45) is 1.76. The minimum Gasteiger partial charge on any atom is -0.445 e. The number of hydrogen-bond donors (Lipinski definition) is 1. The third-order valence-corrected chi connectivity index (χ3v) is 3.41. The van der Waals surface area contributed by atoms with Crippen molar-refractivity contribution in [3.8, 4) is 0 Å².